The lowest BCUT2D eigenvalue weighted by molar-refractivity contribution is 0.426. The van der Waals surface area contributed by atoms with Crippen LogP contribution >= 0.6 is 0 Å². The standard InChI is InChI=1S/C7H13N3O/c1-9-4-2-3-6-5-7(8)11-10-6/h5,9H,2-4,8H2,1H3. The maximum absolute atomic E-state index is 5.34. The first-order valence-corrected chi connectivity index (χ1v) is 3.68. The summed E-state index contributed by atoms with van der Waals surface area (Å²) in [4.78, 5) is 0. The summed E-state index contributed by atoms with van der Waals surface area (Å²) in [6.45, 7) is 0.993. The molecule has 1 rings (SSSR count). The van der Waals surface area contributed by atoms with Gasteiger partial charge in [-0.15, -0.1) is 0 Å². The van der Waals surface area contributed by atoms with E-state index in [2.05, 4.69) is 10.5 Å². The summed E-state index contributed by atoms with van der Waals surface area (Å²) in [7, 11) is 1.93. The van der Waals surface area contributed by atoms with Crippen LogP contribution in [0.3, 0.4) is 0 Å². The van der Waals surface area contributed by atoms with Gasteiger partial charge in [-0.05, 0) is 26.4 Å². The highest BCUT2D eigenvalue weighted by Crippen LogP contribution is 2.05. The van der Waals surface area contributed by atoms with E-state index in [-0.39, 0.29) is 0 Å². The van der Waals surface area contributed by atoms with Gasteiger partial charge in [0.1, 0.15) is 0 Å². The molecule has 0 unspecified atom stereocenters. The van der Waals surface area contributed by atoms with Gasteiger partial charge in [0, 0.05) is 6.07 Å². The van der Waals surface area contributed by atoms with Crippen LogP contribution < -0.4 is 11.1 Å². The number of nitrogen functional groups attached to an aromatic ring is 1. The molecule has 3 N–H and O–H groups in total. The summed E-state index contributed by atoms with van der Waals surface area (Å²) in [6.07, 6.45) is 1.98. The minimum atomic E-state index is 0.393. The van der Waals surface area contributed by atoms with Crippen molar-refractivity contribution in [2.45, 2.75) is 12.8 Å². The van der Waals surface area contributed by atoms with Crippen LogP contribution in [0.5, 0.6) is 0 Å². The van der Waals surface area contributed by atoms with E-state index in [1.165, 1.54) is 0 Å². The lowest BCUT2D eigenvalue weighted by Gasteiger charge is -1.93. The quantitative estimate of drug-likeness (QED) is 0.618. The van der Waals surface area contributed by atoms with Gasteiger partial charge in [0.25, 0.3) is 0 Å². The molecule has 0 saturated carbocycles. The molecule has 4 nitrogen and oxygen atoms in total. The molecule has 0 saturated heterocycles. The van der Waals surface area contributed by atoms with Crippen LogP contribution in [-0.2, 0) is 6.42 Å². The highest BCUT2D eigenvalue weighted by atomic mass is 16.5. The number of anilines is 1. The molecule has 0 radical (unpaired) electrons. The van der Waals surface area contributed by atoms with Crippen LogP contribution in [0.2, 0.25) is 0 Å². The third-order valence-electron chi connectivity index (χ3n) is 1.44. The molecule has 1 aromatic heterocycles. The van der Waals surface area contributed by atoms with Crippen molar-refractivity contribution >= 4 is 5.88 Å². The van der Waals surface area contributed by atoms with E-state index in [4.69, 9.17) is 10.3 Å². The number of rotatable bonds is 4. The van der Waals surface area contributed by atoms with E-state index >= 15 is 0 Å². The summed E-state index contributed by atoms with van der Waals surface area (Å²) >= 11 is 0. The number of nitrogens with two attached hydrogens (primary N) is 1. The summed E-state index contributed by atoms with van der Waals surface area (Å²) in [5.74, 6) is 0.393. The third kappa shape index (κ3) is 2.59. The molecule has 4 heteroatoms. The van der Waals surface area contributed by atoms with Crippen LogP contribution in [0.4, 0.5) is 5.88 Å². The van der Waals surface area contributed by atoms with Crippen molar-refractivity contribution in [1.29, 1.82) is 0 Å². The number of nitrogens with zero attached hydrogens (tertiary/aromatic N) is 1. The zero-order valence-electron chi connectivity index (χ0n) is 6.63. The Bertz CT molecular complexity index is 209. The van der Waals surface area contributed by atoms with E-state index in [1.807, 2.05) is 7.05 Å². The zero-order valence-corrected chi connectivity index (χ0v) is 6.63. The lowest BCUT2D eigenvalue weighted by Crippen LogP contribution is -2.08. The van der Waals surface area contributed by atoms with Gasteiger partial charge in [-0.1, -0.05) is 5.16 Å². The van der Waals surface area contributed by atoms with Crippen molar-refractivity contribution in [1.82, 2.24) is 10.5 Å². The largest absolute Gasteiger partial charge is 0.368 e. The predicted octanol–water partition coefficient (Wildman–Crippen LogP) is 0.409. The summed E-state index contributed by atoms with van der Waals surface area (Å²) in [5, 5.41) is 6.81. The van der Waals surface area contributed by atoms with Crippen LogP contribution in [0.1, 0.15) is 12.1 Å². The highest BCUT2D eigenvalue weighted by molar-refractivity contribution is 5.24. The van der Waals surface area contributed by atoms with Gasteiger partial charge in [0.15, 0.2) is 0 Å². The minimum Gasteiger partial charge on any atom is -0.368 e. The topological polar surface area (TPSA) is 64.1 Å². The van der Waals surface area contributed by atoms with Crippen LogP contribution in [0.25, 0.3) is 0 Å². The average molecular weight is 155 g/mol. The van der Waals surface area contributed by atoms with E-state index in [0.717, 1.165) is 25.1 Å². The highest BCUT2D eigenvalue weighted by Gasteiger charge is 1.98. The van der Waals surface area contributed by atoms with Gasteiger partial charge < -0.3 is 15.6 Å². The molecule has 1 aromatic rings. The van der Waals surface area contributed by atoms with Crippen molar-refractivity contribution in [3.63, 3.8) is 0 Å². The van der Waals surface area contributed by atoms with Crippen molar-refractivity contribution in [3.05, 3.63) is 11.8 Å². The van der Waals surface area contributed by atoms with Gasteiger partial charge in [-0.3, -0.25) is 0 Å². The van der Waals surface area contributed by atoms with Crippen LogP contribution in [-0.4, -0.2) is 18.7 Å². The van der Waals surface area contributed by atoms with E-state index in [0.29, 0.717) is 5.88 Å². The Labute approximate surface area is 65.7 Å². The van der Waals surface area contributed by atoms with Crippen molar-refractivity contribution in [3.8, 4) is 0 Å². The molecule has 0 aliphatic heterocycles. The fraction of sp³-hybridized carbons (Fsp3) is 0.571. The SMILES string of the molecule is CNCCCc1cc(N)on1. The minimum absolute atomic E-state index is 0.393. The van der Waals surface area contributed by atoms with Crippen molar-refractivity contribution in [2.75, 3.05) is 19.3 Å². The Kier molecular flexibility index (Phi) is 2.92. The van der Waals surface area contributed by atoms with E-state index in [1.54, 1.807) is 6.07 Å². The summed E-state index contributed by atoms with van der Waals surface area (Å²) < 4.78 is 4.70. The van der Waals surface area contributed by atoms with Crippen LogP contribution in [0.15, 0.2) is 10.6 Å². The Morgan fingerprint density at radius 3 is 3.09 bits per heavy atom. The first kappa shape index (κ1) is 8.07. The Morgan fingerprint density at radius 1 is 1.73 bits per heavy atom. The maximum Gasteiger partial charge on any atom is 0.222 e. The van der Waals surface area contributed by atoms with Gasteiger partial charge >= 0.3 is 0 Å². The van der Waals surface area contributed by atoms with E-state index in [9.17, 15) is 0 Å². The normalized spacial score (nSPS) is 10.3. The molecule has 62 valence electrons. The molecule has 11 heavy (non-hydrogen) atoms. The molecular formula is C7H13N3O. The molecule has 0 amide bonds. The molecule has 0 aromatic carbocycles. The maximum atomic E-state index is 5.34. The third-order valence-corrected chi connectivity index (χ3v) is 1.44. The van der Waals surface area contributed by atoms with Gasteiger partial charge in [-0.25, -0.2) is 0 Å². The summed E-state index contributed by atoms with van der Waals surface area (Å²) in [6, 6.07) is 1.76. The second-order valence-corrected chi connectivity index (χ2v) is 2.43. The summed E-state index contributed by atoms with van der Waals surface area (Å²) in [5.41, 5.74) is 6.27. The number of hydrogen-bond acceptors (Lipinski definition) is 4. The van der Waals surface area contributed by atoms with Gasteiger partial charge in [-0.2, -0.15) is 0 Å². The molecule has 0 spiro atoms. The van der Waals surface area contributed by atoms with Crippen molar-refractivity contribution in [2.24, 2.45) is 0 Å². The molecule has 0 fully saturated rings. The Balaban J connectivity index is 2.27. The van der Waals surface area contributed by atoms with Gasteiger partial charge in [0.2, 0.25) is 5.88 Å². The Morgan fingerprint density at radius 2 is 2.55 bits per heavy atom. The monoisotopic (exact) mass is 155 g/mol. The second kappa shape index (κ2) is 3.98. The molecule has 0 aliphatic rings. The molecule has 0 atom stereocenters. The molecule has 0 aliphatic carbocycles. The number of nitrogens with one attached hydrogen (secondary N) is 1. The molecule has 0 bridgehead atoms. The smallest absolute Gasteiger partial charge is 0.222 e. The van der Waals surface area contributed by atoms with Gasteiger partial charge in [0.05, 0.1) is 5.69 Å². The lowest BCUT2D eigenvalue weighted by atomic mass is 10.2. The first-order valence-electron chi connectivity index (χ1n) is 3.68. The fourth-order valence-corrected chi connectivity index (χ4v) is 0.892. The number of aromatic nitrogens is 1. The number of hydrogen-bond donors (Lipinski definition) is 2. The Hall–Kier alpha value is -1.03. The van der Waals surface area contributed by atoms with Crippen LogP contribution in [0, 0.1) is 0 Å². The second-order valence-electron chi connectivity index (χ2n) is 2.43. The number of aryl methyl sites for hydroxylation is 1. The van der Waals surface area contributed by atoms with Crippen molar-refractivity contribution < 1.29 is 4.52 Å². The molecular weight excluding hydrogens is 142 g/mol. The first-order chi connectivity index (χ1) is 5.33. The zero-order chi connectivity index (χ0) is 8.10. The molecule has 1 heterocycles. The fourth-order valence-electron chi connectivity index (χ4n) is 0.892. The average Bonchev–Trinajstić information content (AvgIpc) is 2.37. The van der Waals surface area contributed by atoms with E-state index < -0.39 is 0 Å². The predicted molar refractivity (Wildman–Crippen MR) is 43.2 cm³/mol.